The van der Waals surface area contributed by atoms with Crippen LogP contribution in [0.5, 0.6) is 0 Å². The Morgan fingerprint density at radius 2 is 1.69 bits per heavy atom. The summed E-state index contributed by atoms with van der Waals surface area (Å²) in [7, 11) is 0. The number of anilines is 1. The van der Waals surface area contributed by atoms with Crippen molar-refractivity contribution in [1.82, 2.24) is 4.98 Å². The molecule has 2 amide bonds. The van der Waals surface area contributed by atoms with Crippen molar-refractivity contribution >= 4 is 28.3 Å². The minimum absolute atomic E-state index is 0.0369. The standard InChI is InChI=1S/C24H26N2O2S/c1-4-5-14-6-8-15(9-7-14)18-12-29-24(25-18)26-22(27)20-16-10-11-17(19(16)13(2)3)21(20)23(26)28/h6-9,12,16-17,20-21H,4-5,10-11H2,1-3H3/t16-,17-,20+,21+/m1/s1. The highest BCUT2D eigenvalue weighted by Gasteiger charge is 2.64. The first-order valence-electron chi connectivity index (χ1n) is 10.6. The number of thiazole rings is 1. The van der Waals surface area contributed by atoms with Crippen molar-refractivity contribution < 1.29 is 9.59 Å². The Kier molecular flexibility index (Phi) is 4.46. The summed E-state index contributed by atoms with van der Waals surface area (Å²) < 4.78 is 0. The molecule has 3 aliphatic rings. The maximum Gasteiger partial charge on any atom is 0.240 e. The predicted octanol–water partition coefficient (Wildman–Crippen LogP) is 5.24. The highest BCUT2D eigenvalue weighted by Crippen LogP contribution is 2.60. The van der Waals surface area contributed by atoms with Gasteiger partial charge in [-0.05, 0) is 50.5 Å². The number of amides is 2. The molecule has 5 rings (SSSR count). The topological polar surface area (TPSA) is 50.3 Å². The highest BCUT2D eigenvalue weighted by atomic mass is 32.1. The normalized spacial score (nSPS) is 27.8. The van der Waals surface area contributed by atoms with Gasteiger partial charge in [-0.1, -0.05) is 48.8 Å². The van der Waals surface area contributed by atoms with Gasteiger partial charge in [-0.15, -0.1) is 11.3 Å². The number of fused-ring (bicyclic) bond motifs is 5. The lowest BCUT2D eigenvalue weighted by Gasteiger charge is -2.18. The number of benzene rings is 1. The van der Waals surface area contributed by atoms with E-state index in [-0.39, 0.29) is 35.5 Å². The van der Waals surface area contributed by atoms with Crippen LogP contribution in [0.1, 0.15) is 45.6 Å². The van der Waals surface area contributed by atoms with E-state index in [1.807, 2.05) is 5.38 Å². The predicted molar refractivity (Wildman–Crippen MR) is 116 cm³/mol. The molecule has 2 aromatic rings. The highest BCUT2D eigenvalue weighted by molar-refractivity contribution is 7.14. The number of aromatic nitrogens is 1. The van der Waals surface area contributed by atoms with Gasteiger partial charge < -0.3 is 0 Å². The average Bonchev–Trinajstić information content (AvgIpc) is 3.45. The molecule has 2 bridgehead atoms. The molecule has 5 heteroatoms. The molecule has 0 unspecified atom stereocenters. The largest absolute Gasteiger partial charge is 0.274 e. The molecule has 0 radical (unpaired) electrons. The van der Waals surface area contributed by atoms with Crippen LogP contribution in [0, 0.1) is 23.7 Å². The second kappa shape index (κ2) is 6.91. The van der Waals surface area contributed by atoms with Crippen molar-refractivity contribution in [2.45, 2.75) is 46.5 Å². The molecule has 3 fully saturated rings. The van der Waals surface area contributed by atoms with Crippen molar-refractivity contribution in [3.05, 3.63) is 46.4 Å². The Labute approximate surface area is 175 Å². The minimum atomic E-state index is -0.174. The summed E-state index contributed by atoms with van der Waals surface area (Å²) in [5, 5.41) is 2.48. The molecule has 2 aliphatic carbocycles. The van der Waals surface area contributed by atoms with E-state index in [2.05, 4.69) is 50.0 Å². The molecule has 1 saturated heterocycles. The van der Waals surface area contributed by atoms with Crippen molar-refractivity contribution in [2.75, 3.05) is 4.90 Å². The summed E-state index contributed by atoms with van der Waals surface area (Å²) in [6.07, 6.45) is 4.26. The SMILES string of the molecule is CCCc1ccc(-c2csc(N3C(=O)[C@@H]4[C@@H](C3=O)[C@@H]3CC[C@@H]4C3=C(C)C)n2)cc1. The van der Waals surface area contributed by atoms with Crippen LogP contribution < -0.4 is 4.90 Å². The number of nitrogens with zero attached hydrogens (tertiary/aromatic N) is 2. The minimum Gasteiger partial charge on any atom is -0.274 e. The third-order valence-electron chi connectivity index (χ3n) is 6.90. The molecule has 1 aromatic carbocycles. The fraction of sp³-hybridized carbons (Fsp3) is 0.458. The van der Waals surface area contributed by atoms with E-state index < -0.39 is 0 Å². The van der Waals surface area contributed by atoms with Crippen LogP contribution in [0.2, 0.25) is 0 Å². The Morgan fingerprint density at radius 3 is 2.24 bits per heavy atom. The number of rotatable bonds is 4. The average molecular weight is 407 g/mol. The smallest absolute Gasteiger partial charge is 0.240 e. The monoisotopic (exact) mass is 406 g/mol. The molecule has 2 heterocycles. The first-order chi connectivity index (χ1) is 14.0. The van der Waals surface area contributed by atoms with E-state index in [0.29, 0.717) is 5.13 Å². The van der Waals surface area contributed by atoms with Gasteiger partial charge in [-0.25, -0.2) is 9.88 Å². The second-order valence-electron chi connectivity index (χ2n) is 8.77. The van der Waals surface area contributed by atoms with Crippen LogP contribution in [0.15, 0.2) is 40.8 Å². The number of allylic oxidation sites excluding steroid dienone is 2. The first-order valence-corrected chi connectivity index (χ1v) is 11.5. The van der Waals surface area contributed by atoms with Crippen molar-refractivity contribution in [3.63, 3.8) is 0 Å². The molecule has 0 spiro atoms. The lowest BCUT2D eigenvalue weighted by Crippen LogP contribution is -2.33. The van der Waals surface area contributed by atoms with Gasteiger partial charge in [0.15, 0.2) is 5.13 Å². The quantitative estimate of drug-likeness (QED) is 0.515. The third kappa shape index (κ3) is 2.74. The molecule has 4 nitrogen and oxygen atoms in total. The lowest BCUT2D eigenvalue weighted by atomic mass is 9.81. The fourth-order valence-corrected chi connectivity index (χ4v) is 6.65. The van der Waals surface area contributed by atoms with Crippen LogP contribution in [0.25, 0.3) is 11.3 Å². The lowest BCUT2D eigenvalue weighted by molar-refractivity contribution is -0.123. The van der Waals surface area contributed by atoms with E-state index in [0.717, 1.165) is 36.9 Å². The summed E-state index contributed by atoms with van der Waals surface area (Å²) in [5.74, 6) is 0.0814. The first kappa shape index (κ1) is 18.7. The maximum atomic E-state index is 13.3. The zero-order chi connectivity index (χ0) is 20.3. The molecule has 0 N–H and O–H groups in total. The molecular weight excluding hydrogens is 380 g/mol. The van der Waals surface area contributed by atoms with Crippen LogP contribution in [0.4, 0.5) is 5.13 Å². The number of hydrogen-bond donors (Lipinski definition) is 0. The summed E-state index contributed by atoms with van der Waals surface area (Å²) in [4.78, 5) is 32.6. The third-order valence-corrected chi connectivity index (χ3v) is 7.73. The fourth-order valence-electron chi connectivity index (χ4n) is 5.81. The van der Waals surface area contributed by atoms with E-state index in [1.54, 1.807) is 0 Å². The number of carbonyl (C=O) groups excluding carboxylic acids is 2. The molecule has 29 heavy (non-hydrogen) atoms. The van der Waals surface area contributed by atoms with Crippen LogP contribution in [-0.2, 0) is 16.0 Å². The summed E-state index contributed by atoms with van der Waals surface area (Å²) in [6.45, 7) is 6.41. The zero-order valence-electron chi connectivity index (χ0n) is 17.1. The Morgan fingerprint density at radius 1 is 1.07 bits per heavy atom. The molecule has 4 atom stereocenters. The maximum absolute atomic E-state index is 13.3. The van der Waals surface area contributed by atoms with Crippen molar-refractivity contribution in [2.24, 2.45) is 23.7 Å². The Balaban J connectivity index is 1.43. The summed E-state index contributed by atoms with van der Waals surface area (Å²) in [6, 6.07) is 8.42. The van der Waals surface area contributed by atoms with Crippen molar-refractivity contribution in [1.29, 1.82) is 0 Å². The zero-order valence-corrected chi connectivity index (χ0v) is 18.0. The molecule has 150 valence electrons. The Hall–Kier alpha value is -2.27. The van der Waals surface area contributed by atoms with Crippen LogP contribution in [-0.4, -0.2) is 16.8 Å². The molecule has 1 aromatic heterocycles. The van der Waals surface area contributed by atoms with E-state index in [9.17, 15) is 9.59 Å². The van der Waals surface area contributed by atoms with Crippen molar-refractivity contribution in [3.8, 4) is 11.3 Å². The number of hydrogen-bond acceptors (Lipinski definition) is 4. The van der Waals surface area contributed by atoms with Gasteiger partial charge >= 0.3 is 0 Å². The van der Waals surface area contributed by atoms with Gasteiger partial charge in [-0.3, -0.25) is 9.59 Å². The van der Waals surface area contributed by atoms with Gasteiger partial charge in [0, 0.05) is 10.9 Å². The molecular formula is C24H26N2O2S. The van der Waals surface area contributed by atoms with Gasteiger partial charge in [0.25, 0.3) is 0 Å². The molecule has 1 aliphatic heterocycles. The van der Waals surface area contributed by atoms with E-state index in [1.165, 1.54) is 32.9 Å². The van der Waals surface area contributed by atoms with Gasteiger partial charge in [0.2, 0.25) is 11.8 Å². The number of imide groups is 1. The van der Waals surface area contributed by atoms with Gasteiger partial charge in [0.05, 0.1) is 17.5 Å². The van der Waals surface area contributed by atoms with Crippen LogP contribution >= 0.6 is 11.3 Å². The summed E-state index contributed by atoms with van der Waals surface area (Å²) in [5.41, 5.74) is 5.85. The second-order valence-corrected chi connectivity index (χ2v) is 9.61. The van der Waals surface area contributed by atoms with Gasteiger partial charge in [0.1, 0.15) is 0 Å². The Bertz CT molecular complexity index is 984. The van der Waals surface area contributed by atoms with Gasteiger partial charge in [-0.2, -0.15) is 0 Å². The number of carbonyl (C=O) groups is 2. The summed E-state index contributed by atoms with van der Waals surface area (Å²) >= 11 is 1.39. The number of aryl methyl sites for hydroxylation is 1. The van der Waals surface area contributed by atoms with E-state index in [4.69, 9.17) is 0 Å². The molecule has 2 saturated carbocycles. The van der Waals surface area contributed by atoms with Crippen LogP contribution in [0.3, 0.4) is 0 Å². The van der Waals surface area contributed by atoms with E-state index >= 15 is 0 Å².